The van der Waals surface area contributed by atoms with Crippen LogP contribution in [0.5, 0.6) is 0 Å². The highest BCUT2D eigenvalue weighted by Crippen LogP contribution is 2.28. The van der Waals surface area contributed by atoms with Crippen LogP contribution in [0, 0.1) is 6.92 Å². The van der Waals surface area contributed by atoms with Crippen LogP contribution in [0.25, 0.3) is 5.69 Å². The summed E-state index contributed by atoms with van der Waals surface area (Å²) in [6, 6.07) is 5.92. The lowest BCUT2D eigenvalue weighted by Gasteiger charge is -2.13. The van der Waals surface area contributed by atoms with Gasteiger partial charge in [-0.3, -0.25) is 9.36 Å². The van der Waals surface area contributed by atoms with Gasteiger partial charge in [0, 0.05) is 10.9 Å². The van der Waals surface area contributed by atoms with Crippen LogP contribution in [0.15, 0.2) is 27.8 Å². The molecule has 0 atom stereocenters. The van der Waals surface area contributed by atoms with Crippen LogP contribution in [0.1, 0.15) is 24.7 Å². The third-order valence-electron chi connectivity index (χ3n) is 2.98. The Morgan fingerprint density at radius 3 is 2.86 bits per heavy atom. The fraction of sp³-hybridized carbons (Fsp3) is 0.357. The monoisotopic (exact) mass is 369 g/mol. The number of thioether (sulfide) groups is 1. The minimum atomic E-state index is -0.863. The predicted octanol–water partition coefficient (Wildman–Crippen LogP) is 3.47. The van der Waals surface area contributed by atoms with E-state index in [0.29, 0.717) is 5.16 Å². The highest BCUT2D eigenvalue weighted by atomic mass is 79.9. The molecule has 1 heterocycles. The fourth-order valence-electron chi connectivity index (χ4n) is 1.99. The number of benzene rings is 1. The number of aryl methyl sites for hydroxylation is 1. The van der Waals surface area contributed by atoms with Crippen molar-refractivity contribution in [2.45, 2.75) is 31.8 Å². The summed E-state index contributed by atoms with van der Waals surface area (Å²) in [6.07, 6.45) is 1.75. The normalized spacial score (nSPS) is 10.8. The maximum atomic E-state index is 10.8. The second-order valence-corrected chi connectivity index (χ2v) is 6.35. The van der Waals surface area contributed by atoms with Gasteiger partial charge in [-0.25, -0.2) is 0 Å². The van der Waals surface area contributed by atoms with Gasteiger partial charge in [0.2, 0.25) is 0 Å². The molecule has 0 bridgehead atoms. The summed E-state index contributed by atoms with van der Waals surface area (Å²) in [7, 11) is 0. The maximum absolute atomic E-state index is 10.8. The number of aliphatic carboxylic acids is 1. The van der Waals surface area contributed by atoms with Crippen LogP contribution in [0.2, 0.25) is 0 Å². The van der Waals surface area contributed by atoms with Crippen molar-refractivity contribution in [3.63, 3.8) is 0 Å². The first-order valence-electron chi connectivity index (χ1n) is 6.59. The van der Waals surface area contributed by atoms with E-state index in [1.807, 2.05) is 29.7 Å². The number of carboxylic acids is 1. The van der Waals surface area contributed by atoms with Crippen molar-refractivity contribution in [2.24, 2.45) is 0 Å². The number of rotatable bonds is 6. The summed E-state index contributed by atoms with van der Waals surface area (Å²) in [4.78, 5) is 10.8. The summed E-state index contributed by atoms with van der Waals surface area (Å²) in [5, 5.41) is 17.8. The van der Waals surface area contributed by atoms with Crippen molar-refractivity contribution >= 4 is 33.7 Å². The molecule has 0 aliphatic rings. The molecule has 1 aromatic heterocycles. The second kappa shape index (κ2) is 7.09. The summed E-state index contributed by atoms with van der Waals surface area (Å²) >= 11 is 4.71. The molecule has 0 aliphatic heterocycles. The number of halogens is 1. The van der Waals surface area contributed by atoms with E-state index in [1.54, 1.807) is 0 Å². The van der Waals surface area contributed by atoms with Gasteiger partial charge in [-0.05, 0) is 31.0 Å². The molecule has 112 valence electrons. The van der Waals surface area contributed by atoms with Crippen molar-refractivity contribution in [3.8, 4) is 5.69 Å². The van der Waals surface area contributed by atoms with E-state index in [1.165, 1.54) is 11.8 Å². The molecular weight excluding hydrogens is 354 g/mol. The van der Waals surface area contributed by atoms with E-state index in [9.17, 15) is 4.79 Å². The Bertz CT molecular complexity index is 658. The van der Waals surface area contributed by atoms with Gasteiger partial charge in [0.25, 0.3) is 0 Å². The molecule has 21 heavy (non-hydrogen) atoms. The Morgan fingerprint density at radius 1 is 1.43 bits per heavy atom. The highest BCUT2D eigenvalue weighted by molar-refractivity contribution is 9.10. The first-order valence-corrected chi connectivity index (χ1v) is 8.36. The lowest BCUT2D eigenvalue weighted by atomic mass is 10.2. The molecule has 1 aromatic carbocycles. The number of hydrogen-bond donors (Lipinski definition) is 1. The molecule has 0 amide bonds. The molecule has 0 fully saturated rings. The zero-order valence-corrected chi connectivity index (χ0v) is 14.2. The molecule has 2 rings (SSSR count). The van der Waals surface area contributed by atoms with Gasteiger partial charge in [-0.2, -0.15) is 0 Å². The lowest BCUT2D eigenvalue weighted by molar-refractivity contribution is -0.133. The molecule has 0 radical (unpaired) electrons. The van der Waals surface area contributed by atoms with Crippen LogP contribution in [-0.4, -0.2) is 31.6 Å². The molecule has 0 spiro atoms. The lowest BCUT2D eigenvalue weighted by Crippen LogP contribution is -2.06. The van der Waals surface area contributed by atoms with Gasteiger partial charge in [-0.15, -0.1) is 10.2 Å². The van der Waals surface area contributed by atoms with Crippen LogP contribution in [0.4, 0.5) is 0 Å². The minimum absolute atomic E-state index is 0.0304. The van der Waals surface area contributed by atoms with Crippen LogP contribution < -0.4 is 0 Å². The van der Waals surface area contributed by atoms with Crippen molar-refractivity contribution < 1.29 is 9.90 Å². The van der Waals surface area contributed by atoms with Gasteiger partial charge in [0.15, 0.2) is 5.16 Å². The summed E-state index contributed by atoms with van der Waals surface area (Å²) in [5.74, 6) is -0.0405. The molecule has 0 aliphatic carbocycles. The zero-order chi connectivity index (χ0) is 15.4. The Hall–Kier alpha value is -1.34. The Morgan fingerprint density at radius 2 is 2.19 bits per heavy atom. The third-order valence-corrected chi connectivity index (χ3v) is 4.75. The standard InChI is InChI=1S/C14H16BrN3O2S/c1-3-5-12-16-17-14(21-8-13(19)20)18(12)11-7-4-6-10(15)9(11)2/h4,6-7H,3,5,8H2,1-2H3,(H,19,20). The van der Waals surface area contributed by atoms with Gasteiger partial charge in [0.1, 0.15) is 5.82 Å². The first-order chi connectivity index (χ1) is 10.0. The first kappa shape index (κ1) is 16.0. The highest BCUT2D eigenvalue weighted by Gasteiger charge is 2.17. The van der Waals surface area contributed by atoms with E-state index in [-0.39, 0.29) is 5.75 Å². The van der Waals surface area contributed by atoms with Gasteiger partial charge in [0.05, 0.1) is 11.4 Å². The second-order valence-electron chi connectivity index (χ2n) is 4.55. The fourth-order valence-corrected chi connectivity index (χ4v) is 3.03. The quantitative estimate of drug-likeness (QED) is 0.789. The summed E-state index contributed by atoms with van der Waals surface area (Å²) in [6.45, 7) is 4.09. The molecule has 0 unspecified atom stereocenters. The van der Waals surface area contributed by atoms with E-state index in [4.69, 9.17) is 5.11 Å². The van der Waals surface area contributed by atoms with Crippen molar-refractivity contribution in [3.05, 3.63) is 34.1 Å². The summed E-state index contributed by atoms with van der Waals surface area (Å²) < 4.78 is 2.96. The number of aromatic nitrogens is 3. The molecule has 1 N–H and O–H groups in total. The minimum Gasteiger partial charge on any atom is -0.481 e. The topological polar surface area (TPSA) is 68.0 Å². The number of hydrogen-bond acceptors (Lipinski definition) is 4. The van der Waals surface area contributed by atoms with E-state index in [2.05, 4.69) is 33.1 Å². The molecule has 7 heteroatoms. The van der Waals surface area contributed by atoms with Gasteiger partial charge in [-0.1, -0.05) is 40.7 Å². The smallest absolute Gasteiger partial charge is 0.313 e. The molecule has 5 nitrogen and oxygen atoms in total. The van der Waals surface area contributed by atoms with Gasteiger partial charge >= 0.3 is 5.97 Å². The van der Waals surface area contributed by atoms with Crippen molar-refractivity contribution in [2.75, 3.05) is 5.75 Å². The van der Waals surface area contributed by atoms with E-state index >= 15 is 0 Å². The predicted molar refractivity (Wildman–Crippen MR) is 86.2 cm³/mol. The van der Waals surface area contributed by atoms with Gasteiger partial charge < -0.3 is 5.11 Å². The zero-order valence-electron chi connectivity index (χ0n) is 11.8. The Kier molecular flexibility index (Phi) is 5.41. The molecular formula is C14H16BrN3O2S. The Labute approximate surface area is 135 Å². The number of carbonyl (C=O) groups is 1. The third kappa shape index (κ3) is 3.65. The maximum Gasteiger partial charge on any atom is 0.313 e. The number of carboxylic acid groups (broad SMARTS) is 1. The van der Waals surface area contributed by atoms with Crippen LogP contribution >= 0.6 is 27.7 Å². The Balaban J connectivity index is 2.50. The van der Waals surface area contributed by atoms with Crippen LogP contribution in [0.3, 0.4) is 0 Å². The van der Waals surface area contributed by atoms with E-state index in [0.717, 1.165) is 34.4 Å². The SMILES string of the molecule is CCCc1nnc(SCC(=O)O)n1-c1cccc(Br)c1C. The number of nitrogens with zero attached hydrogens (tertiary/aromatic N) is 3. The largest absolute Gasteiger partial charge is 0.481 e. The molecule has 0 saturated heterocycles. The molecule has 0 saturated carbocycles. The van der Waals surface area contributed by atoms with E-state index < -0.39 is 5.97 Å². The van der Waals surface area contributed by atoms with Crippen molar-refractivity contribution in [1.29, 1.82) is 0 Å². The average Bonchev–Trinajstić information content (AvgIpc) is 2.83. The molecule has 2 aromatic rings. The van der Waals surface area contributed by atoms with Crippen LogP contribution in [-0.2, 0) is 11.2 Å². The average molecular weight is 370 g/mol. The van der Waals surface area contributed by atoms with Crippen molar-refractivity contribution in [1.82, 2.24) is 14.8 Å². The summed E-state index contributed by atoms with van der Waals surface area (Å²) in [5.41, 5.74) is 2.05.